The van der Waals surface area contributed by atoms with E-state index in [1.807, 2.05) is 13.1 Å². The first-order valence-electron chi connectivity index (χ1n) is 5.72. The van der Waals surface area contributed by atoms with Gasteiger partial charge in [0.25, 0.3) is 0 Å². The lowest BCUT2D eigenvalue weighted by Gasteiger charge is -2.37. The number of nitrogens with two attached hydrogens (primary N) is 1. The van der Waals surface area contributed by atoms with Crippen molar-refractivity contribution in [3.63, 3.8) is 0 Å². The summed E-state index contributed by atoms with van der Waals surface area (Å²) >= 11 is 0. The Hall–Kier alpha value is -1.13. The van der Waals surface area contributed by atoms with Crippen molar-refractivity contribution in [3.8, 4) is 0 Å². The van der Waals surface area contributed by atoms with Gasteiger partial charge in [-0.1, -0.05) is 6.07 Å². The molecule has 0 aromatic carbocycles. The number of hydrogen-bond donors (Lipinski definition) is 1. The molecule has 1 aromatic rings. The first-order valence-corrected chi connectivity index (χ1v) is 5.72. The molecule has 2 atom stereocenters. The Morgan fingerprint density at radius 1 is 1.50 bits per heavy atom. The second-order valence-electron chi connectivity index (χ2n) is 4.40. The lowest BCUT2D eigenvalue weighted by Crippen LogP contribution is -2.49. The fourth-order valence-corrected chi connectivity index (χ4v) is 2.01. The predicted octanol–water partition coefficient (Wildman–Crippen LogP) is 0.942. The SMILES string of the molecule is Cc1ccc(N2CC(C)OC(CN)C2)nc1. The molecule has 88 valence electrons. The summed E-state index contributed by atoms with van der Waals surface area (Å²) in [7, 11) is 0. The molecule has 1 saturated heterocycles. The fraction of sp³-hybridized carbons (Fsp3) is 0.583. The zero-order valence-corrected chi connectivity index (χ0v) is 9.89. The molecule has 16 heavy (non-hydrogen) atoms. The van der Waals surface area contributed by atoms with Gasteiger partial charge in [-0.3, -0.25) is 0 Å². The maximum atomic E-state index is 5.72. The summed E-state index contributed by atoms with van der Waals surface area (Å²) in [5.74, 6) is 1.01. The van der Waals surface area contributed by atoms with Crippen LogP contribution < -0.4 is 10.6 Å². The monoisotopic (exact) mass is 221 g/mol. The van der Waals surface area contributed by atoms with Gasteiger partial charge in [0.1, 0.15) is 5.82 Å². The van der Waals surface area contributed by atoms with Crippen LogP contribution in [0.3, 0.4) is 0 Å². The fourth-order valence-electron chi connectivity index (χ4n) is 2.01. The minimum absolute atomic E-state index is 0.117. The number of pyridine rings is 1. The molecular weight excluding hydrogens is 202 g/mol. The number of rotatable bonds is 2. The molecule has 1 aromatic heterocycles. The number of anilines is 1. The molecule has 0 bridgehead atoms. The van der Waals surface area contributed by atoms with Crippen LogP contribution in [-0.2, 0) is 4.74 Å². The van der Waals surface area contributed by atoms with Gasteiger partial charge in [-0.2, -0.15) is 0 Å². The minimum Gasteiger partial charge on any atom is -0.370 e. The van der Waals surface area contributed by atoms with Gasteiger partial charge >= 0.3 is 0 Å². The second kappa shape index (κ2) is 4.80. The Morgan fingerprint density at radius 2 is 2.31 bits per heavy atom. The molecule has 4 heteroatoms. The van der Waals surface area contributed by atoms with E-state index in [0.29, 0.717) is 6.54 Å². The van der Waals surface area contributed by atoms with Gasteiger partial charge in [0.15, 0.2) is 0 Å². The molecule has 1 fully saturated rings. The Kier molecular flexibility index (Phi) is 3.41. The van der Waals surface area contributed by atoms with E-state index in [2.05, 4.69) is 28.9 Å². The van der Waals surface area contributed by atoms with E-state index in [0.717, 1.165) is 18.9 Å². The van der Waals surface area contributed by atoms with Crippen LogP contribution in [0.5, 0.6) is 0 Å². The van der Waals surface area contributed by atoms with Crippen molar-refractivity contribution in [2.75, 3.05) is 24.5 Å². The van der Waals surface area contributed by atoms with Gasteiger partial charge in [-0.15, -0.1) is 0 Å². The first-order chi connectivity index (χ1) is 7.69. The minimum atomic E-state index is 0.117. The van der Waals surface area contributed by atoms with Crippen LogP contribution in [0, 0.1) is 6.92 Å². The van der Waals surface area contributed by atoms with Crippen molar-refractivity contribution >= 4 is 5.82 Å². The molecule has 0 spiro atoms. The average Bonchev–Trinajstić information content (AvgIpc) is 2.29. The van der Waals surface area contributed by atoms with E-state index < -0.39 is 0 Å². The van der Waals surface area contributed by atoms with Gasteiger partial charge in [0, 0.05) is 25.8 Å². The molecular formula is C12H19N3O. The largest absolute Gasteiger partial charge is 0.370 e. The van der Waals surface area contributed by atoms with Crippen LogP contribution in [0.1, 0.15) is 12.5 Å². The summed E-state index contributed by atoms with van der Waals surface area (Å²) in [6.45, 7) is 6.39. The van der Waals surface area contributed by atoms with Crippen LogP contribution in [0.4, 0.5) is 5.82 Å². The van der Waals surface area contributed by atoms with Crippen molar-refractivity contribution < 1.29 is 4.74 Å². The smallest absolute Gasteiger partial charge is 0.128 e. The second-order valence-corrected chi connectivity index (χ2v) is 4.40. The summed E-state index contributed by atoms with van der Waals surface area (Å²) in [5.41, 5.74) is 6.84. The molecule has 2 unspecified atom stereocenters. The molecule has 2 rings (SSSR count). The molecule has 1 aliphatic heterocycles. The highest BCUT2D eigenvalue weighted by molar-refractivity contribution is 5.40. The Labute approximate surface area is 96.4 Å². The van der Waals surface area contributed by atoms with Gasteiger partial charge in [0.05, 0.1) is 12.2 Å². The molecule has 0 radical (unpaired) electrons. The molecule has 2 heterocycles. The van der Waals surface area contributed by atoms with Gasteiger partial charge in [-0.25, -0.2) is 4.98 Å². The number of ether oxygens (including phenoxy) is 1. The van der Waals surface area contributed by atoms with E-state index in [9.17, 15) is 0 Å². The summed E-state index contributed by atoms with van der Waals surface area (Å²) in [4.78, 5) is 6.68. The quantitative estimate of drug-likeness (QED) is 0.807. The zero-order valence-electron chi connectivity index (χ0n) is 9.89. The van der Waals surface area contributed by atoms with Crippen molar-refractivity contribution in [1.29, 1.82) is 0 Å². The maximum absolute atomic E-state index is 5.72. The van der Waals surface area contributed by atoms with E-state index >= 15 is 0 Å². The van der Waals surface area contributed by atoms with Crippen molar-refractivity contribution in [2.24, 2.45) is 5.73 Å². The topological polar surface area (TPSA) is 51.4 Å². The highest BCUT2D eigenvalue weighted by Gasteiger charge is 2.24. The van der Waals surface area contributed by atoms with E-state index in [-0.39, 0.29) is 12.2 Å². The molecule has 4 nitrogen and oxygen atoms in total. The predicted molar refractivity (Wildman–Crippen MR) is 64.6 cm³/mol. The number of morpholine rings is 1. The van der Waals surface area contributed by atoms with Crippen molar-refractivity contribution in [3.05, 3.63) is 23.9 Å². The molecule has 2 N–H and O–H groups in total. The van der Waals surface area contributed by atoms with Crippen molar-refractivity contribution in [2.45, 2.75) is 26.1 Å². The zero-order chi connectivity index (χ0) is 11.5. The Morgan fingerprint density at radius 3 is 2.94 bits per heavy atom. The number of aryl methyl sites for hydroxylation is 1. The number of aromatic nitrogens is 1. The molecule has 0 aliphatic carbocycles. The summed E-state index contributed by atoms with van der Waals surface area (Å²) in [5, 5.41) is 0. The lowest BCUT2D eigenvalue weighted by molar-refractivity contribution is -0.0107. The third-order valence-electron chi connectivity index (χ3n) is 2.81. The lowest BCUT2D eigenvalue weighted by atomic mass is 10.2. The van der Waals surface area contributed by atoms with Crippen molar-refractivity contribution in [1.82, 2.24) is 4.98 Å². The summed E-state index contributed by atoms with van der Waals surface area (Å²) < 4.78 is 5.72. The average molecular weight is 221 g/mol. The highest BCUT2D eigenvalue weighted by atomic mass is 16.5. The van der Waals surface area contributed by atoms with E-state index in [4.69, 9.17) is 10.5 Å². The van der Waals surface area contributed by atoms with E-state index in [1.165, 1.54) is 5.56 Å². The molecule has 0 saturated carbocycles. The standard InChI is InChI=1S/C12H19N3O/c1-9-3-4-12(14-6-9)15-7-10(2)16-11(5-13)8-15/h3-4,6,10-11H,5,7-8,13H2,1-2H3. The van der Waals surface area contributed by atoms with Crippen LogP contribution in [0.15, 0.2) is 18.3 Å². The van der Waals surface area contributed by atoms with Crippen LogP contribution in [0.25, 0.3) is 0 Å². The molecule has 0 amide bonds. The van der Waals surface area contributed by atoms with Gasteiger partial charge < -0.3 is 15.4 Å². The maximum Gasteiger partial charge on any atom is 0.128 e. The third-order valence-corrected chi connectivity index (χ3v) is 2.81. The van der Waals surface area contributed by atoms with Crippen LogP contribution in [-0.4, -0.2) is 36.8 Å². The Bertz CT molecular complexity index is 339. The molecule has 1 aliphatic rings. The van der Waals surface area contributed by atoms with Crippen LogP contribution in [0.2, 0.25) is 0 Å². The van der Waals surface area contributed by atoms with Gasteiger partial charge in [-0.05, 0) is 25.5 Å². The Balaban J connectivity index is 2.11. The normalized spacial score (nSPS) is 25.8. The van der Waals surface area contributed by atoms with Gasteiger partial charge in [0.2, 0.25) is 0 Å². The number of hydrogen-bond acceptors (Lipinski definition) is 4. The summed E-state index contributed by atoms with van der Waals surface area (Å²) in [6.07, 6.45) is 2.23. The summed E-state index contributed by atoms with van der Waals surface area (Å²) in [6, 6.07) is 4.14. The van der Waals surface area contributed by atoms with Crippen LogP contribution >= 0.6 is 0 Å². The number of nitrogens with zero attached hydrogens (tertiary/aromatic N) is 2. The third kappa shape index (κ3) is 2.51. The first kappa shape index (κ1) is 11.4. The van der Waals surface area contributed by atoms with E-state index in [1.54, 1.807) is 0 Å². The highest BCUT2D eigenvalue weighted by Crippen LogP contribution is 2.17.